The van der Waals surface area contributed by atoms with Gasteiger partial charge in [-0.3, -0.25) is 4.79 Å². The molecule has 0 spiro atoms. The Kier molecular flexibility index (Phi) is 6.75. The number of rotatable bonds is 6. The third-order valence-corrected chi connectivity index (χ3v) is 6.65. The Morgan fingerprint density at radius 2 is 2.10 bits per heavy atom. The molecule has 0 unspecified atom stereocenters. The number of allylic oxidation sites excluding steroid dienone is 3. The summed E-state index contributed by atoms with van der Waals surface area (Å²) in [4.78, 5) is 16.8. The van der Waals surface area contributed by atoms with E-state index in [0.717, 1.165) is 18.5 Å². The summed E-state index contributed by atoms with van der Waals surface area (Å²) in [6.45, 7) is 7.35. The Bertz CT molecular complexity index is 881. The minimum absolute atomic E-state index is 0.0180. The van der Waals surface area contributed by atoms with E-state index in [1.807, 2.05) is 36.6 Å². The van der Waals surface area contributed by atoms with Crippen molar-refractivity contribution in [3.05, 3.63) is 46.5 Å². The van der Waals surface area contributed by atoms with Gasteiger partial charge in [0.2, 0.25) is 5.91 Å². The number of anilines is 2. The summed E-state index contributed by atoms with van der Waals surface area (Å²) in [5.41, 5.74) is 7.13. The molecular formula is C23H30ClF2N3O. The van der Waals surface area contributed by atoms with E-state index in [1.165, 1.54) is 6.08 Å². The van der Waals surface area contributed by atoms with Gasteiger partial charge in [0.15, 0.2) is 11.7 Å². The number of carbonyl (C=O) groups excluding carboxylic acids is 1. The molecule has 0 saturated carbocycles. The molecule has 1 aromatic carbocycles. The van der Waals surface area contributed by atoms with Crippen LogP contribution in [0.4, 0.5) is 20.2 Å². The van der Waals surface area contributed by atoms with E-state index >= 15 is 0 Å². The smallest absolute Gasteiger partial charge is 0.228 e. The van der Waals surface area contributed by atoms with Gasteiger partial charge in [-0.15, -0.1) is 0 Å². The van der Waals surface area contributed by atoms with Crippen molar-refractivity contribution in [2.75, 3.05) is 30.3 Å². The van der Waals surface area contributed by atoms with Gasteiger partial charge in [-0.2, -0.15) is 0 Å². The first-order valence-corrected chi connectivity index (χ1v) is 10.9. The van der Waals surface area contributed by atoms with Gasteiger partial charge < -0.3 is 15.5 Å². The van der Waals surface area contributed by atoms with Gasteiger partial charge in [-0.05, 0) is 55.5 Å². The molecule has 1 amide bonds. The molecule has 7 heteroatoms. The maximum Gasteiger partial charge on any atom is 0.228 e. The zero-order chi connectivity index (χ0) is 22.1. The Balaban J connectivity index is 1.89. The fourth-order valence-electron chi connectivity index (χ4n) is 3.98. The molecule has 2 aliphatic rings. The second-order valence-electron chi connectivity index (χ2n) is 8.77. The zero-order valence-corrected chi connectivity index (χ0v) is 18.6. The predicted molar refractivity (Wildman–Crippen MR) is 119 cm³/mol. The van der Waals surface area contributed by atoms with Gasteiger partial charge in [0.1, 0.15) is 0 Å². The van der Waals surface area contributed by atoms with Gasteiger partial charge in [-0.1, -0.05) is 32.4 Å². The number of amides is 1. The fraction of sp³-hybridized carbons (Fsp3) is 0.522. The maximum absolute atomic E-state index is 14.5. The lowest BCUT2D eigenvalue weighted by Gasteiger charge is -2.34. The van der Waals surface area contributed by atoms with Gasteiger partial charge in [0, 0.05) is 36.8 Å². The molecule has 1 aliphatic carbocycles. The molecule has 1 heterocycles. The van der Waals surface area contributed by atoms with E-state index in [9.17, 15) is 13.6 Å². The van der Waals surface area contributed by atoms with Crippen molar-refractivity contribution in [1.82, 2.24) is 4.90 Å². The van der Waals surface area contributed by atoms with E-state index < -0.39 is 17.1 Å². The highest BCUT2D eigenvalue weighted by molar-refractivity contribution is 6.33. The Labute approximate surface area is 182 Å². The molecular weight excluding hydrogens is 408 g/mol. The van der Waals surface area contributed by atoms with E-state index in [0.29, 0.717) is 42.2 Å². The molecule has 1 aliphatic heterocycles. The lowest BCUT2D eigenvalue weighted by atomic mass is 9.88. The summed E-state index contributed by atoms with van der Waals surface area (Å²) in [6.07, 6.45) is 3.74. The second-order valence-corrected chi connectivity index (χ2v) is 9.18. The van der Waals surface area contributed by atoms with Crippen molar-refractivity contribution >= 4 is 28.9 Å². The number of nitrogen functional groups attached to an aromatic ring is 1. The van der Waals surface area contributed by atoms with Gasteiger partial charge in [0.05, 0.1) is 10.7 Å². The Morgan fingerprint density at radius 3 is 2.77 bits per heavy atom. The highest BCUT2D eigenvalue weighted by Gasteiger charge is 2.37. The molecule has 1 fully saturated rings. The van der Waals surface area contributed by atoms with Crippen LogP contribution in [0.25, 0.3) is 0 Å². The van der Waals surface area contributed by atoms with Gasteiger partial charge in [0.25, 0.3) is 0 Å². The second kappa shape index (κ2) is 8.96. The monoisotopic (exact) mass is 437 g/mol. The molecule has 0 bridgehead atoms. The Hall–Kier alpha value is -2.08. The number of carbonyl (C=O) groups is 1. The van der Waals surface area contributed by atoms with Gasteiger partial charge >= 0.3 is 0 Å². The van der Waals surface area contributed by atoms with Crippen molar-refractivity contribution in [1.29, 1.82) is 0 Å². The van der Waals surface area contributed by atoms with Crippen LogP contribution in [0.15, 0.2) is 41.5 Å². The van der Waals surface area contributed by atoms with Crippen LogP contribution >= 0.6 is 11.6 Å². The Morgan fingerprint density at radius 1 is 1.37 bits per heavy atom. The van der Waals surface area contributed by atoms with Crippen molar-refractivity contribution in [3.8, 4) is 0 Å². The minimum atomic E-state index is -0.792. The summed E-state index contributed by atoms with van der Waals surface area (Å²) in [5.74, 6) is -1.44. The first-order chi connectivity index (χ1) is 14.1. The molecule has 2 N–H and O–H groups in total. The molecule has 30 heavy (non-hydrogen) atoms. The SMILES string of the molecule is CCC(C)(C)C(=O)N1CC[C@H](N(CC2=C(F)C(F)=CCC2)c2ccc(N)c(Cl)c2)C1. The lowest BCUT2D eigenvalue weighted by molar-refractivity contribution is -0.139. The van der Waals surface area contributed by atoms with Crippen molar-refractivity contribution in [2.45, 2.75) is 52.5 Å². The fourth-order valence-corrected chi connectivity index (χ4v) is 4.16. The van der Waals surface area contributed by atoms with Crippen LogP contribution < -0.4 is 10.6 Å². The van der Waals surface area contributed by atoms with Crippen LogP contribution in [0, 0.1) is 5.41 Å². The summed E-state index contributed by atoms with van der Waals surface area (Å²) < 4.78 is 28.3. The topological polar surface area (TPSA) is 49.6 Å². The van der Waals surface area contributed by atoms with Crippen LogP contribution in [-0.2, 0) is 4.79 Å². The number of halogens is 3. The van der Waals surface area contributed by atoms with Crippen molar-refractivity contribution in [3.63, 3.8) is 0 Å². The summed E-state index contributed by atoms with van der Waals surface area (Å²) in [7, 11) is 0. The summed E-state index contributed by atoms with van der Waals surface area (Å²) in [6, 6.07) is 5.30. The minimum Gasteiger partial charge on any atom is -0.398 e. The van der Waals surface area contributed by atoms with Crippen molar-refractivity contribution < 1.29 is 13.6 Å². The molecule has 1 aromatic rings. The molecule has 3 rings (SSSR count). The normalized spacial score (nSPS) is 19.9. The van der Waals surface area contributed by atoms with E-state index in [2.05, 4.69) is 0 Å². The van der Waals surface area contributed by atoms with Crippen LogP contribution in [-0.4, -0.2) is 36.5 Å². The number of nitrogens with two attached hydrogens (primary N) is 1. The molecule has 164 valence electrons. The number of likely N-dealkylation sites (tertiary alicyclic amines) is 1. The third kappa shape index (κ3) is 4.64. The molecule has 1 saturated heterocycles. The largest absolute Gasteiger partial charge is 0.398 e. The average molecular weight is 438 g/mol. The average Bonchev–Trinajstić information content (AvgIpc) is 3.20. The summed E-state index contributed by atoms with van der Waals surface area (Å²) in [5, 5.41) is 0.416. The highest BCUT2D eigenvalue weighted by atomic mass is 35.5. The maximum atomic E-state index is 14.5. The molecule has 0 aromatic heterocycles. The number of hydrogen-bond donors (Lipinski definition) is 1. The molecule has 0 radical (unpaired) electrons. The standard InChI is InChI=1S/C23H30ClF2N3O/c1-4-23(2,3)22(30)28-11-10-17(14-28)29(16-8-9-20(27)18(24)12-16)13-15-6-5-7-19(25)21(15)26/h7-9,12,17H,4-6,10-11,13-14,27H2,1-3H3/t17-/m0/s1. The van der Waals surface area contributed by atoms with Crippen LogP contribution in [0.1, 0.15) is 46.5 Å². The van der Waals surface area contributed by atoms with Crippen LogP contribution in [0.5, 0.6) is 0 Å². The molecule has 1 atom stereocenters. The van der Waals surface area contributed by atoms with Crippen molar-refractivity contribution in [2.24, 2.45) is 5.41 Å². The lowest BCUT2D eigenvalue weighted by Crippen LogP contribution is -2.43. The summed E-state index contributed by atoms with van der Waals surface area (Å²) >= 11 is 6.25. The zero-order valence-electron chi connectivity index (χ0n) is 17.9. The third-order valence-electron chi connectivity index (χ3n) is 6.32. The number of nitrogens with zero attached hydrogens (tertiary/aromatic N) is 2. The van der Waals surface area contributed by atoms with E-state index in [4.69, 9.17) is 17.3 Å². The highest BCUT2D eigenvalue weighted by Crippen LogP contribution is 2.34. The van der Waals surface area contributed by atoms with E-state index in [1.54, 1.807) is 12.1 Å². The quantitative estimate of drug-likeness (QED) is 0.586. The van der Waals surface area contributed by atoms with Gasteiger partial charge in [-0.25, -0.2) is 8.78 Å². The number of benzene rings is 1. The number of hydrogen-bond acceptors (Lipinski definition) is 3. The van der Waals surface area contributed by atoms with Crippen LogP contribution in [0.3, 0.4) is 0 Å². The molecule has 4 nitrogen and oxygen atoms in total. The predicted octanol–water partition coefficient (Wildman–Crippen LogP) is 5.64. The van der Waals surface area contributed by atoms with Crippen LogP contribution in [0.2, 0.25) is 5.02 Å². The van der Waals surface area contributed by atoms with E-state index in [-0.39, 0.29) is 18.5 Å². The first-order valence-electron chi connectivity index (χ1n) is 10.5. The first kappa shape index (κ1) is 22.6.